The van der Waals surface area contributed by atoms with E-state index in [0.717, 1.165) is 12.5 Å². The molecule has 15 heavy (non-hydrogen) atoms. The number of carboxylic acid groups (broad SMARTS) is 1. The minimum atomic E-state index is -0.936. The van der Waals surface area contributed by atoms with Crippen LogP contribution >= 0.6 is 0 Å². The number of rotatable bonds is 5. The van der Waals surface area contributed by atoms with Gasteiger partial charge in [-0.15, -0.1) is 0 Å². The molecule has 3 nitrogen and oxygen atoms in total. The molecular weight excluding hydrogens is 190 g/mol. The first-order valence-corrected chi connectivity index (χ1v) is 4.88. The first-order valence-electron chi connectivity index (χ1n) is 4.88. The molecule has 1 rings (SSSR count). The van der Waals surface area contributed by atoms with Crippen LogP contribution in [0.15, 0.2) is 42.6 Å². The monoisotopic (exact) mass is 205 g/mol. The molecule has 0 aliphatic carbocycles. The van der Waals surface area contributed by atoms with Gasteiger partial charge in [0.15, 0.2) is 0 Å². The van der Waals surface area contributed by atoms with E-state index in [-0.39, 0.29) is 6.04 Å². The fourth-order valence-electron chi connectivity index (χ4n) is 1.31. The molecule has 0 aliphatic heterocycles. The summed E-state index contributed by atoms with van der Waals surface area (Å²) in [5.74, 6) is -0.936. The predicted molar refractivity (Wildman–Crippen MR) is 59.5 cm³/mol. The van der Waals surface area contributed by atoms with Gasteiger partial charge < -0.3 is 10.4 Å². The number of hydrogen-bond acceptors (Lipinski definition) is 2. The molecule has 1 unspecified atom stereocenters. The molecule has 0 bridgehead atoms. The van der Waals surface area contributed by atoms with Gasteiger partial charge in [0.05, 0.1) is 0 Å². The van der Waals surface area contributed by atoms with E-state index in [1.54, 1.807) is 0 Å². The molecule has 0 aromatic heterocycles. The predicted octanol–water partition coefficient (Wildman–Crippen LogP) is 1.81. The Kier molecular flexibility index (Phi) is 4.41. The van der Waals surface area contributed by atoms with Crippen molar-refractivity contribution in [3.63, 3.8) is 0 Å². The number of nitrogens with one attached hydrogen (secondary N) is 1. The van der Waals surface area contributed by atoms with E-state index in [1.165, 1.54) is 11.8 Å². The molecule has 0 heterocycles. The first kappa shape index (κ1) is 11.3. The zero-order valence-corrected chi connectivity index (χ0v) is 8.68. The zero-order valence-electron chi connectivity index (χ0n) is 8.68. The van der Waals surface area contributed by atoms with Crippen LogP contribution in [-0.4, -0.2) is 17.1 Å². The minimum absolute atomic E-state index is 0.225. The van der Waals surface area contributed by atoms with Crippen LogP contribution in [0.2, 0.25) is 0 Å². The lowest BCUT2D eigenvalue weighted by atomic mass is 10.1. The lowest BCUT2D eigenvalue weighted by Crippen LogP contribution is -2.23. The normalized spacial score (nSPS) is 12.6. The summed E-state index contributed by atoms with van der Waals surface area (Å²) < 4.78 is 0. The van der Waals surface area contributed by atoms with Gasteiger partial charge in [0, 0.05) is 18.3 Å². The Balaban J connectivity index is 2.36. The summed E-state index contributed by atoms with van der Waals surface area (Å²) in [5.41, 5.74) is 1.24. The Bertz CT molecular complexity index is 333. The number of hydrogen-bond donors (Lipinski definition) is 2. The van der Waals surface area contributed by atoms with Gasteiger partial charge in [0.1, 0.15) is 0 Å². The Hall–Kier alpha value is -1.77. The van der Waals surface area contributed by atoms with Crippen molar-refractivity contribution in [3.8, 4) is 0 Å². The maximum atomic E-state index is 10.2. The molecule has 2 N–H and O–H groups in total. The Morgan fingerprint density at radius 3 is 2.73 bits per heavy atom. The Morgan fingerprint density at radius 2 is 2.13 bits per heavy atom. The number of carboxylic acids is 1. The summed E-state index contributed by atoms with van der Waals surface area (Å²) in [6, 6.07) is 10.3. The van der Waals surface area contributed by atoms with Crippen LogP contribution in [0.25, 0.3) is 0 Å². The second kappa shape index (κ2) is 5.86. The minimum Gasteiger partial charge on any atom is -0.478 e. The molecule has 1 aromatic carbocycles. The standard InChI is InChI=1S/C12H15NO2/c1-10(13-8-7-12(14)15)9-11-5-3-2-4-6-11/h2-8,10,13H,9H2,1H3,(H,14,15)/b8-7+. The SMILES string of the molecule is CC(Cc1ccccc1)N/C=C/C(=O)O. The molecule has 1 aromatic rings. The van der Waals surface area contributed by atoms with Crippen LogP contribution in [0.1, 0.15) is 12.5 Å². The van der Waals surface area contributed by atoms with Gasteiger partial charge in [-0.2, -0.15) is 0 Å². The fraction of sp³-hybridized carbons (Fsp3) is 0.250. The number of aliphatic carboxylic acids is 1. The summed E-state index contributed by atoms with van der Waals surface area (Å²) in [7, 11) is 0. The molecule has 0 aliphatic rings. The number of carbonyl (C=O) groups is 1. The van der Waals surface area contributed by atoms with Crippen molar-refractivity contribution in [1.82, 2.24) is 5.32 Å². The molecule has 0 fully saturated rings. The molecule has 0 amide bonds. The smallest absolute Gasteiger partial charge is 0.329 e. The summed E-state index contributed by atoms with van der Waals surface area (Å²) in [6.07, 6.45) is 3.45. The number of benzene rings is 1. The summed E-state index contributed by atoms with van der Waals surface area (Å²) >= 11 is 0. The molecule has 0 spiro atoms. The molecule has 3 heteroatoms. The highest BCUT2D eigenvalue weighted by Gasteiger charge is 1.99. The topological polar surface area (TPSA) is 49.3 Å². The van der Waals surface area contributed by atoms with Gasteiger partial charge in [-0.25, -0.2) is 4.79 Å². The van der Waals surface area contributed by atoms with Crippen molar-refractivity contribution in [2.75, 3.05) is 0 Å². The second-order valence-corrected chi connectivity index (χ2v) is 3.43. The van der Waals surface area contributed by atoms with Gasteiger partial charge in [-0.3, -0.25) is 0 Å². The fourth-order valence-corrected chi connectivity index (χ4v) is 1.31. The van der Waals surface area contributed by atoms with Gasteiger partial charge in [0.2, 0.25) is 0 Å². The lowest BCUT2D eigenvalue weighted by molar-refractivity contribution is -0.131. The van der Waals surface area contributed by atoms with E-state index < -0.39 is 5.97 Å². The van der Waals surface area contributed by atoms with E-state index in [0.29, 0.717) is 0 Å². The average molecular weight is 205 g/mol. The van der Waals surface area contributed by atoms with Crippen LogP contribution in [0.3, 0.4) is 0 Å². The molecule has 1 atom stereocenters. The molecule has 0 saturated heterocycles. The van der Waals surface area contributed by atoms with E-state index in [2.05, 4.69) is 17.4 Å². The first-order chi connectivity index (χ1) is 7.18. The van der Waals surface area contributed by atoms with Gasteiger partial charge in [0.25, 0.3) is 0 Å². The van der Waals surface area contributed by atoms with Crippen molar-refractivity contribution in [2.45, 2.75) is 19.4 Å². The molecule has 0 radical (unpaired) electrons. The van der Waals surface area contributed by atoms with E-state index in [1.807, 2.05) is 25.1 Å². The molecule has 0 saturated carbocycles. The van der Waals surface area contributed by atoms with E-state index >= 15 is 0 Å². The lowest BCUT2D eigenvalue weighted by Gasteiger charge is -2.11. The van der Waals surface area contributed by atoms with Crippen LogP contribution in [0.4, 0.5) is 0 Å². The van der Waals surface area contributed by atoms with Crippen molar-refractivity contribution >= 4 is 5.97 Å². The van der Waals surface area contributed by atoms with Crippen LogP contribution in [0.5, 0.6) is 0 Å². The highest BCUT2D eigenvalue weighted by molar-refractivity contribution is 5.79. The Morgan fingerprint density at radius 1 is 1.47 bits per heavy atom. The van der Waals surface area contributed by atoms with E-state index in [4.69, 9.17) is 5.11 Å². The van der Waals surface area contributed by atoms with Gasteiger partial charge in [-0.05, 0) is 18.9 Å². The summed E-state index contributed by atoms with van der Waals surface area (Å²) in [5, 5.41) is 11.4. The Labute approximate surface area is 89.4 Å². The van der Waals surface area contributed by atoms with Crippen LogP contribution in [0, 0.1) is 0 Å². The zero-order chi connectivity index (χ0) is 11.1. The van der Waals surface area contributed by atoms with Crippen molar-refractivity contribution in [1.29, 1.82) is 0 Å². The largest absolute Gasteiger partial charge is 0.478 e. The summed E-state index contributed by atoms with van der Waals surface area (Å²) in [6.45, 7) is 2.01. The second-order valence-electron chi connectivity index (χ2n) is 3.43. The highest BCUT2D eigenvalue weighted by Crippen LogP contribution is 2.02. The third kappa shape index (κ3) is 4.86. The van der Waals surface area contributed by atoms with Crippen LogP contribution in [-0.2, 0) is 11.2 Å². The maximum absolute atomic E-state index is 10.2. The van der Waals surface area contributed by atoms with Crippen molar-refractivity contribution in [2.24, 2.45) is 0 Å². The summed E-state index contributed by atoms with van der Waals surface area (Å²) in [4.78, 5) is 10.2. The quantitative estimate of drug-likeness (QED) is 0.721. The third-order valence-electron chi connectivity index (χ3n) is 1.99. The average Bonchev–Trinajstić information content (AvgIpc) is 2.18. The maximum Gasteiger partial charge on any atom is 0.329 e. The van der Waals surface area contributed by atoms with E-state index in [9.17, 15) is 4.79 Å². The van der Waals surface area contributed by atoms with Crippen molar-refractivity contribution < 1.29 is 9.90 Å². The van der Waals surface area contributed by atoms with Gasteiger partial charge in [-0.1, -0.05) is 30.3 Å². The molecular formula is C12H15NO2. The molecule has 80 valence electrons. The van der Waals surface area contributed by atoms with Crippen molar-refractivity contribution in [3.05, 3.63) is 48.2 Å². The van der Waals surface area contributed by atoms with Gasteiger partial charge >= 0.3 is 5.97 Å². The highest BCUT2D eigenvalue weighted by atomic mass is 16.4. The van der Waals surface area contributed by atoms with Crippen LogP contribution < -0.4 is 5.32 Å². The third-order valence-corrected chi connectivity index (χ3v) is 1.99.